The molecule has 8 nitrogen and oxygen atoms in total. The van der Waals surface area contributed by atoms with Gasteiger partial charge in [0.1, 0.15) is 5.69 Å². The SMILES string of the molecule is Cc1cc(C(=O)N2CCN(c3ccccc3/C=C/C(=O)NO)CC2)n[nH]1. The van der Waals surface area contributed by atoms with Gasteiger partial charge in [-0.15, -0.1) is 0 Å². The number of anilines is 1. The van der Waals surface area contributed by atoms with Crippen LogP contribution in [0.2, 0.25) is 0 Å². The van der Waals surface area contributed by atoms with Crippen molar-refractivity contribution in [3.63, 3.8) is 0 Å². The maximum absolute atomic E-state index is 12.5. The summed E-state index contributed by atoms with van der Waals surface area (Å²) < 4.78 is 0. The van der Waals surface area contributed by atoms with E-state index in [9.17, 15) is 9.59 Å². The number of para-hydroxylation sites is 1. The number of carbonyl (C=O) groups excluding carboxylic acids is 2. The number of piperazine rings is 1. The molecule has 2 heterocycles. The number of hydrogen-bond acceptors (Lipinski definition) is 5. The van der Waals surface area contributed by atoms with Gasteiger partial charge in [0.05, 0.1) is 0 Å². The minimum Gasteiger partial charge on any atom is -0.367 e. The fourth-order valence-electron chi connectivity index (χ4n) is 2.96. The van der Waals surface area contributed by atoms with Crippen molar-refractivity contribution in [2.45, 2.75) is 6.92 Å². The summed E-state index contributed by atoms with van der Waals surface area (Å²) in [6, 6.07) is 9.45. The van der Waals surface area contributed by atoms with Crippen LogP contribution in [0.25, 0.3) is 6.08 Å². The minimum atomic E-state index is -0.579. The Balaban J connectivity index is 1.68. The zero-order valence-electron chi connectivity index (χ0n) is 14.5. The maximum atomic E-state index is 12.5. The number of carbonyl (C=O) groups is 2. The van der Waals surface area contributed by atoms with E-state index in [1.54, 1.807) is 22.5 Å². The monoisotopic (exact) mass is 355 g/mol. The quantitative estimate of drug-likeness (QED) is 0.435. The van der Waals surface area contributed by atoms with Gasteiger partial charge < -0.3 is 9.80 Å². The second-order valence-corrected chi connectivity index (χ2v) is 6.08. The molecule has 1 aliphatic rings. The number of nitrogens with one attached hydrogen (secondary N) is 2. The van der Waals surface area contributed by atoms with Gasteiger partial charge in [-0.05, 0) is 30.7 Å². The molecule has 2 amide bonds. The van der Waals surface area contributed by atoms with Crippen LogP contribution in [0.15, 0.2) is 36.4 Å². The molecule has 0 radical (unpaired) electrons. The van der Waals surface area contributed by atoms with E-state index in [1.165, 1.54) is 6.08 Å². The summed E-state index contributed by atoms with van der Waals surface area (Å²) in [6.45, 7) is 4.43. The van der Waals surface area contributed by atoms with Crippen molar-refractivity contribution in [3.8, 4) is 0 Å². The van der Waals surface area contributed by atoms with Crippen LogP contribution < -0.4 is 10.4 Å². The summed E-state index contributed by atoms with van der Waals surface area (Å²) in [4.78, 5) is 27.7. The summed E-state index contributed by atoms with van der Waals surface area (Å²) in [6.07, 6.45) is 2.93. The lowest BCUT2D eigenvalue weighted by Crippen LogP contribution is -2.49. The number of aromatic nitrogens is 2. The molecule has 3 N–H and O–H groups in total. The molecule has 1 saturated heterocycles. The molecule has 1 aliphatic heterocycles. The first-order chi connectivity index (χ1) is 12.6. The second kappa shape index (κ2) is 7.83. The molecular weight excluding hydrogens is 334 g/mol. The summed E-state index contributed by atoms with van der Waals surface area (Å²) in [5.41, 5.74) is 4.74. The molecule has 0 atom stereocenters. The van der Waals surface area contributed by atoms with Crippen LogP contribution in [0.1, 0.15) is 21.7 Å². The molecule has 0 saturated carbocycles. The zero-order chi connectivity index (χ0) is 18.5. The molecule has 1 aromatic heterocycles. The van der Waals surface area contributed by atoms with Crippen LogP contribution in [0, 0.1) is 6.92 Å². The Morgan fingerprint density at radius 1 is 1.23 bits per heavy atom. The van der Waals surface area contributed by atoms with Crippen molar-refractivity contribution < 1.29 is 14.8 Å². The number of H-pyrrole nitrogens is 1. The highest BCUT2D eigenvalue weighted by molar-refractivity contribution is 5.93. The maximum Gasteiger partial charge on any atom is 0.274 e. The number of hydrogen-bond donors (Lipinski definition) is 3. The number of hydroxylamine groups is 1. The van der Waals surface area contributed by atoms with Crippen molar-refractivity contribution in [1.82, 2.24) is 20.6 Å². The number of benzene rings is 1. The molecule has 2 aromatic rings. The van der Waals surface area contributed by atoms with Crippen LogP contribution in [0.4, 0.5) is 5.69 Å². The number of amides is 2. The number of aromatic amines is 1. The molecule has 1 fully saturated rings. The number of rotatable bonds is 4. The Labute approximate surface area is 151 Å². The number of nitrogens with zero attached hydrogens (tertiary/aromatic N) is 3. The van der Waals surface area contributed by atoms with Crippen molar-refractivity contribution in [1.29, 1.82) is 0 Å². The second-order valence-electron chi connectivity index (χ2n) is 6.08. The van der Waals surface area contributed by atoms with E-state index in [1.807, 2.05) is 31.2 Å². The topological polar surface area (TPSA) is 102 Å². The molecule has 8 heteroatoms. The number of aryl methyl sites for hydroxylation is 1. The van der Waals surface area contributed by atoms with Gasteiger partial charge in [0.2, 0.25) is 0 Å². The van der Waals surface area contributed by atoms with Gasteiger partial charge in [-0.1, -0.05) is 18.2 Å². The molecule has 0 unspecified atom stereocenters. The highest BCUT2D eigenvalue weighted by Gasteiger charge is 2.24. The Bertz CT molecular complexity index is 822. The predicted octanol–water partition coefficient (Wildman–Crippen LogP) is 1.20. The first-order valence-corrected chi connectivity index (χ1v) is 8.36. The van der Waals surface area contributed by atoms with E-state index in [-0.39, 0.29) is 5.91 Å². The van der Waals surface area contributed by atoms with Crippen molar-refractivity contribution in [2.24, 2.45) is 0 Å². The average Bonchev–Trinajstić information content (AvgIpc) is 3.12. The van der Waals surface area contributed by atoms with E-state index < -0.39 is 5.91 Å². The lowest BCUT2D eigenvalue weighted by Gasteiger charge is -2.36. The first kappa shape index (κ1) is 17.7. The van der Waals surface area contributed by atoms with Gasteiger partial charge in [-0.3, -0.25) is 19.9 Å². The van der Waals surface area contributed by atoms with E-state index >= 15 is 0 Å². The standard InChI is InChI=1S/C18H21N5O3/c1-13-12-15(20-19-13)18(25)23-10-8-22(9-11-23)16-5-3-2-4-14(16)6-7-17(24)21-26/h2-7,12,26H,8-11H2,1H3,(H,19,20)(H,21,24)/b7-6+. The summed E-state index contributed by atoms with van der Waals surface area (Å²) >= 11 is 0. The highest BCUT2D eigenvalue weighted by Crippen LogP contribution is 2.23. The Hall–Kier alpha value is -3.13. The molecule has 1 aromatic carbocycles. The average molecular weight is 355 g/mol. The molecule has 0 spiro atoms. The molecular formula is C18H21N5O3. The van der Waals surface area contributed by atoms with Crippen LogP contribution in [-0.4, -0.2) is 58.3 Å². The smallest absolute Gasteiger partial charge is 0.274 e. The van der Waals surface area contributed by atoms with Gasteiger partial charge in [-0.25, -0.2) is 5.48 Å². The van der Waals surface area contributed by atoms with Crippen LogP contribution in [0.3, 0.4) is 0 Å². The third-order valence-electron chi connectivity index (χ3n) is 4.29. The van der Waals surface area contributed by atoms with Crippen molar-refractivity contribution in [2.75, 3.05) is 31.1 Å². The van der Waals surface area contributed by atoms with Crippen molar-refractivity contribution >= 4 is 23.6 Å². The first-order valence-electron chi connectivity index (χ1n) is 8.36. The predicted molar refractivity (Wildman–Crippen MR) is 96.8 cm³/mol. The summed E-state index contributed by atoms with van der Waals surface area (Å²) in [5.74, 6) is -0.647. The zero-order valence-corrected chi connectivity index (χ0v) is 14.5. The van der Waals surface area contributed by atoms with E-state index in [4.69, 9.17) is 5.21 Å². The Morgan fingerprint density at radius 2 is 1.96 bits per heavy atom. The molecule has 3 rings (SSSR count). The summed E-state index contributed by atoms with van der Waals surface area (Å²) in [7, 11) is 0. The molecule has 0 aliphatic carbocycles. The van der Waals surface area contributed by atoms with Gasteiger partial charge in [0.25, 0.3) is 11.8 Å². The van der Waals surface area contributed by atoms with Gasteiger partial charge in [0, 0.05) is 43.6 Å². The summed E-state index contributed by atoms with van der Waals surface area (Å²) in [5, 5.41) is 15.4. The largest absolute Gasteiger partial charge is 0.367 e. The Morgan fingerprint density at radius 3 is 2.62 bits per heavy atom. The van der Waals surface area contributed by atoms with Gasteiger partial charge in [0.15, 0.2) is 0 Å². The van der Waals surface area contributed by atoms with Crippen LogP contribution in [0.5, 0.6) is 0 Å². The molecule has 136 valence electrons. The van der Waals surface area contributed by atoms with E-state index in [0.717, 1.165) is 16.9 Å². The van der Waals surface area contributed by atoms with Crippen molar-refractivity contribution in [3.05, 3.63) is 53.4 Å². The third kappa shape index (κ3) is 3.92. The van der Waals surface area contributed by atoms with E-state index in [0.29, 0.717) is 31.9 Å². The van der Waals surface area contributed by atoms with Gasteiger partial charge in [-0.2, -0.15) is 5.10 Å². The van der Waals surface area contributed by atoms with E-state index in [2.05, 4.69) is 15.1 Å². The highest BCUT2D eigenvalue weighted by atomic mass is 16.5. The van der Waals surface area contributed by atoms with Gasteiger partial charge >= 0.3 is 0 Å². The third-order valence-corrected chi connectivity index (χ3v) is 4.29. The molecule has 26 heavy (non-hydrogen) atoms. The lowest BCUT2D eigenvalue weighted by molar-refractivity contribution is -0.124. The fraction of sp³-hybridized carbons (Fsp3) is 0.278. The minimum absolute atomic E-state index is 0.0678. The Kier molecular flexibility index (Phi) is 5.33. The molecule has 0 bridgehead atoms. The van der Waals surface area contributed by atoms with Crippen LogP contribution >= 0.6 is 0 Å². The lowest BCUT2D eigenvalue weighted by atomic mass is 10.1. The van der Waals surface area contributed by atoms with Crippen LogP contribution in [-0.2, 0) is 4.79 Å². The fourth-order valence-corrected chi connectivity index (χ4v) is 2.96. The normalized spacial score (nSPS) is 14.7.